The van der Waals surface area contributed by atoms with E-state index in [2.05, 4.69) is 16.6 Å². The number of alkyl halides is 3. The standard InChI is InChI=1S/C22H23F3N2O3S/c1-2-31(28,29)26-13-16-9-10-17-20(14-6-4-3-5-7-14)27-19-11-8-15(22(23,24)25)12-18(19)21(17)30-16/h2-8,11-12,16-17,20-21,26-27H,1,9-10,13H2/t16-,17+,20+,21?/m1/s1. The molecule has 2 aliphatic rings. The van der Waals surface area contributed by atoms with Crippen LogP contribution >= 0.6 is 0 Å². The van der Waals surface area contributed by atoms with Crippen molar-refractivity contribution < 1.29 is 26.3 Å². The normalized spacial score (nSPS) is 25.8. The average molecular weight is 452 g/mol. The Morgan fingerprint density at radius 2 is 1.90 bits per heavy atom. The van der Waals surface area contributed by atoms with E-state index in [1.54, 1.807) is 0 Å². The molecule has 5 nitrogen and oxygen atoms in total. The molecule has 1 fully saturated rings. The van der Waals surface area contributed by atoms with E-state index in [1.165, 1.54) is 6.07 Å². The largest absolute Gasteiger partial charge is 0.416 e. The minimum Gasteiger partial charge on any atom is -0.378 e. The summed E-state index contributed by atoms with van der Waals surface area (Å²) >= 11 is 0. The number of hydrogen-bond acceptors (Lipinski definition) is 4. The highest BCUT2D eigenvalue weighted by Crippen LogP contribution is 2.51. The molecule has 0 spiro atoms. The van der Waals surface area contributed by atoms with Gasteiger partial charge in [0.15, 0.2) is 0 Å². The Hall–Kier alpha value is -2.36. The SMILES string of the molecule is C=CS(=O)(=O)NC[C@H]1CC[C@@H]2C(O1)c1cc(C(F)(F)F)ccc1N[C@H]2c1ccccc1. The van der Waals surface area contributed by atoms with Crippen molar-refractivity contribution in [2.45, 2.75) is 37.3 Å². The van der Waals surface area contributed by atoms with Crippen LogP contribution in [0.1, 0.15) is 41.7 Å². The monoisotopic (exact) mass is 452 g/mol. The van der Waals surface area contributed by atoms with Crippen LogP contribution in [-0.2, 0) is 20.9 Å². The summed E-state index contributed by atoms with van der Waals surface area (Å²) in [4.78, 5) is 0. The summed E-state index contributed by atoms with van der Waals surface area (Å²) in [5, 5.41) is 4.22. The third-order valence-corrected chi connectivity index (χ3v) is 6.87. The van der Waals surface area contributed by atoms with Crippen molar-refractivity contribution in [3.05, 3.63) is 77.2 Å². The van der Waals surface area contributed by atoms with Crippen LogP contribution in [0.3, 0.4) is 0 Å². The number of fused-ring (bicyclic) bond motifs is 3. The van der Waals surface area contributed by atoms with Gasteiger partial charge in [-0.1, -0.05) is 36.9 Å². The molecule has 2 aromatic carbocycles. The topological polar surface area (TPSA) is 67.4 Å². The van der Waals surface area contributed by atoms with Crippen molar-refractivity contribution in [1.82, 2.24) is 4.72 Å². The Balaban J connectivity index is 1.68. The molecule has 2 heterocycles. The molecule has 1 unspecified atom stereocenters. The number of ether oxygens (including phenoxy) is 1. The predicted octanol–water partition coefficient (Wildman–Crippen LogP) is 4.77. The Labute approximate surface area is 179 Å². The van der Waals surface area contributed by atoms with E-state index in [0.29, 0.717) is 24.1 Å². The minimum atomic E-state index is -4.46. The number of halogens is 3. The molecule has 4 rings (SSSR count). The Bertz CT molecular complexity index is 1060. The van der Waals surface area contributed by atoms with Crippen molar-refractivity contribution >= 4 is 15.7 Å². The van der Waals surface area contributed by atoms with Crippen LogP contribution in [0, 0.1) is 5.92 Å². The molecule has 2 aromatic rings. The van der Waals surface area contributed by atoms with Crippen LogP contribution in [0.15, 0.2) is 60.5 Å². The zero-order valence-corrected chi connectivity index (χ0v) is 17.4. The number of rotatable bonds is 5. The molecule has 9 heteroatoms. The van der Waals surface area contributed by atoms with Gasteiger partial charge in [-0.05, 0) is 36.6 Å². The molecule has 4 atom stereocenters. The molecule has 0 amide bonds. The maximum Gasteiger partial charge on any atom is 0.416 e. The van der Waals surface area contributed by atoms with Crippen LogP contribution in [0.5, 0.6) is 0 Å². The summed E-state index contributed by atoms with van der Waals surface area (Å²) in [5.41, 5.74) is 1.33. The van der Waals surface area contributed by atoms with Crippen molar-refractivity contribution in [2.24, 2.45) is 5.92 Å². The molecule has 0 bridgehead atoms. The summed E-state index contributed by atoms with van der Waals surface area (Å²) in [6.07, 6.45) is -4.24. The first-order valence-electron chi connectivity index (χ1n) is 9.98. The fraction of sp³-hybridized carbons (Fsp3) is 0.364. The molecule has 0 radical (unpaired) electrons. The van der Waals surface area contributed by atoms with Gasteiger partial charge in [0.1, 0.15) is 0 Å². The van der Waals surface area contributed by atoms with Gasteiger partial charge >= 0.3 is 6.18 Å². The van der Waals surface area contributed by atoms with Crippen LogP contribution in [0.4, 0.5) is 18.9 Å². The third kappa shape index (κ3) is 4.63. The Morgan fingerprint density at radius 1 is 1.16 bits per heavy atom. The van der Waals surface area contributed by atoms with Crippen molar-refractivity contribution in [3.63, 3.8) is 0 Å². The summed E-state index contributed by atoms with van der Waals surface area (Å²) in [6, 6.07) is 13.2. The van der Waals surface area contributed by atoms with Gasteiger partial charge in [0.25, 0.3) is 0 Å². The summed E-state index contributed by atoms with van der Waals surface area (Å²) in [5.74, 6) is -0.0920. The molecule has 0 saturated carbocycles. The van der Waals surface area contributed by atoms with Gasteiger partial charge in [0, 0.05) is 29.1 Å². The minimum absolute atomic E-state index is 0.0370. The van der Waals surface area contributed by atoms with Crippen LogP contribution in [0.2, 0.25) is 0 Å². The van der Waals surface area contributed by atoms with Gasteiger partial charge < -0.3 is 10.1 Å². The highest BCUT2D eigenvalue weighted by Gasteiger charge is 2.43. The second kappa shape index (κ2) is 8.29. The summed E-state index contributed by atoms with van der Waals surface area (Å²) in [6.45, 7) is 3.30. The van der Waals surface area contributed by atoms with Crippen LogP contribution in [0.25, 0.3) is 0 Å². The molecular formula is C22H23F3N2O3S. The first-order valence-corrected chi connectivity index (χ1v) is 11.5. The van der Waals surface area contributed by atoms with Gasteiger partial charge in [0.05, 0.1) is 23.8 Å². The Morgan fingerprint density at radius 3 is 2.58 bits per heavy atom. The van der Waals surface area contributed by atoms with E-state index in [4.69, 9.17) is 4.74 Å². The van der Waals surface area contributed by atoms with E-state index in [1.807, 2.05) is 30.3 Å². The highest BCUT2D eigenvalue weighted by molar-refractivity contribution is 7.92. The zero-order chi connectivity index (χ0) is 22.2. The highest BCUT2D eigenvalue weighted by atomic mass is 32.2. The second-order valence-corrected chi connectivity index (χ2v) is 9.52. The molecule has 31 heavy (non-hydrogen) atoms. The first-order chi connectivity index (χ1) is 14.7. The Kier molecular flexibility index (Phi) is 5.85. The fourth-order valence-electron chi connectivity index (χ4n) is 4.34. The lowest BCUT2D eigenvalue weighted by Crippen LogP contribution is -2.42. The van der Waals surface area contributed by atoms with E-state index < -0.39 is 34.0 Å². The zero-order valence-electron chi connectivity index (χ0n) is 16.6. The second-order valence-electron chi connectivity index (χ2n) is 7.81. The van der Waals surface area contributed by atoms with E-state index in [9.17, 15) is 21.6 Å². The molecule has 0 aromatic heterocycles. The van der Waals surface area contributed by atoms with Crippen molar-refractivity contribution in [3.8, 4) is 0 Å². The molecule has 0 aliphatic carbocycles. The number of hydrogen-bond donors (Lipinski definition) is 2. The van der Waals surface area contributed by atoms with Gasteiger partial charge in [-0.2, -0.15) is 13.2 Å². The van der Waals surface area contributed by atoms with Crippen LogP contribution in [-0.4, -0.2) is 21.1 Å². The smallest absolute Gasteiger partial charge is 0.378 e. The number of nitrogens with one attached hydrogen (secondary N) is 2. The maximum atomic E-state index is 13.3. The van der Waals surface area contributed by atoms with Gasteiger partial charge in [-0.25, -0.2) is 13.1 Å². The fourth-order valence-corrected chi connectivity index (χ4v) is 4.88. The predicted molar refractivity (Wildman–Crippen MR) is 112 cm³/mol. The molecule has 2 N–H and O–H groups in total. The number of sulfonamides is 1. The van der Waals surface area contributed by atoms with Crippen molar-refractivity contribution in [1.29, 1.82) is 0 Å². The van der Waals surface area contributed by atoms with Crippen LogP contribution < -0.4 is 10.0 Å². The quantitative estimate of drug-likeness (QED) is 0.686. The van der Waals surface area contributed by atoms with Gasteiger partial charge in [0.2, 0.25) is 10.0 Å². The van der Waals surface area contributed by atoms with E-state index in [0.717, 1.165) is 23.1 Å². The van der Waals surface area contributed by atoms with Gasteiger partial charge in [-0.3, -0.25) is 0 Å². The van der Waals surface area contributed by atoms with E-state index in [-0.39, 0.29) is 18.5 Å². The summed E-state index contributed by atoms with van der Waals surface area (Å²) in [7, 11) is -3.62. The average Bonchev–Trinajstić information content (AvgIpc) is 2.76. The maximum absolute atomic E-state index is 13.3. The lowest BCUT2D eigenvalue weighted by atomic mass is 9.76. The lowest BCUT2D eigenvalue weighted by Gasteiger charge is -2.46. The molecule has 1 saturated heterocycles. The number of benzene rings is 2. The summed E-state index contributed by atoms with van der Waals surface area (Å²) < 4.78 is 72.0. The van der Waals surface area contributed by atoms with Crippen molar-refractivity contribution in [2.75, 3.05) is 11.9 Å². The molecule has 166 valence electrons. The van der Waals surface area contributed by atoms with E-state index >= 15 is 0 Å². The van der Waals surface area contributed by atoms with Gasteiger partial charge in [-0.15, -0.1) is 0 Å². The number of anilines is 1. The third-order valence-electron chi connectivity index (χ3n) is 5.86. The first kappa shape index (κ1) is 21.9. The lowest BCUT2D eigenvalue weighted by molar-refractivity contribution is -0.138. The molecule has 2 aliphatic heterocycles. The molecular weight excluding hydrogens is 429 g/mol.